The largest absolute Gasteiger partial charge is 0.486 e. The SMILES string of the molecule is CCn1cncc1COc1cc(Cl)c(S(=O)(=O)Cl)cc1Cl. The van der Waals surface area contributed by atoms with Crippen LogP contribution >= 0.6 is 33.9 Å². The summed E-state index contributed by atoms with van der Waals surface area (Å²) in [5.41, 5.74) is 0.860. The summed E-state index contributed by atoms with van der Waals surface area (Å²) < 4.78 is 30.1. The summed E-state index contributed by atoms with van der Waals surface area (Å²) >= 11 is 11.9. The van der Waals surface area contributed by atoms with E-state index in [2.05, 4.69) is 4.98 Å². The van der Waals surface area contributed by atoms with E-state index in [9.17, 15) is 8.42 Å². The van der Waals surface area contributed by atoms with Gasteiger partial charge in [0.2, 0.25) is 0 Å². The number of hydrogen-bond donors (Lipinski definition) is 0. The lowest BCUT2D eigenvalue weighted by Crippen LogP contribution is -2.04. The van der Waals surface area contributed by atoms with E-state index >= 15 is 0 Å². The predicted molar refractivity (Wildman–Crippen MR) is 81.7 cm³/mol. The van der Waals surface area contributed by atoms with Crippen LogP contribution in [0, 0.1) is 0 Å². The van der Waals surface area contributed by atoms with E-state index in [0.717, 1.165) is 12.2 Å². The lowest BCUT2D eigenvalue weighted by atomic mass is 10.3. The minimum Gasteiger partial charge on any atom is -0.486 e. The highest BCUT2D eigenvalue weighted by Crippen LogP contribution is 2.35. The van der Waals surface area contributed by atoms with Gasteiger partial charge in [0.1, 0.15) is 17.3 Å². The van der Waals surface area contributed by atoms with E-state index in [4.69, 9.17) is 38.6 Å². The summed E-state index contributed by atoms with van der Waals surface area (Å²) in [7, 11) is 1.31. The van der Waals surface area contributed by atoms with Gasteiger partial charge in [-0.1, -0.05) is 23.2 Å². The summed E-state index contributed by atoms with van der Waals surface area (Å²) in [5, 5.41) is 0.0644. The number of rotatable bonds is 5. The summed E-state index contributed by atoms with van der Waals surface area (Å²) in [6.45, 7) is 2.97. The molecule has 0 bridgehead atoms. The molecule has 0 spiro atoms. The van der Waals surface area contributed by atoms with Crippen molar-refractivity contribution in [1.29, 1.82) is 0 Å². The van der Waals surface area contributed by atoms with Crippen molar-refractivity contribution in [3.05, 3.63) is 40.4 Å². The minimum absolute atomic E-state index is 0.0478. The Morgan fingerprint density at radius 2 is 2.00 bits per heavy atom. The molecule has 0 saturated carbocycles. The fraction of sp³-hybridized carbons (Fsp3) is 0.250. The normalized spacial score (nSPS) is 11.6. The number of aromatic nitrogens is 2. The molecular formula is C12H11Cl3N2O3S. The van der Waals surface area contributed by atoms with E-state index in [1.807, 2.05) is 11.5 Å². The standard InChI is InChI=1S/C12H11Cl3N2O3S/c1-2-17-7-16-5-8(17)6-20-11-3-10(14)12(4-9(11)13)21(15,18)19/h3-5,7H,2,6H2,1H3. The van der Waals surface area contributed by atoms with Crippen molar-refractivity contribution >= 4 is 42.9 Å². The second-order valence-corrected chi connectivity index (χ2v) is 7.46. The van der Waals surface area contributed by atoms with Crippen molar-refractivity contribution in [3.63, 3.8) is 0 Å². The molecule has 0 amide bonds. The fourth-order valence-electron chi connectivity index (χ4n) is 1.71. The van der Waals surface area contributed by atoms with Gasteiger partial charge in [-0.15, -0.1) is 0 Å². The molecule has 0 fully saturated rings. The minimum atomic E-state index is -3.96. The zero-order chi connectivity index (χ0) is 15.6. The molecule has 114 valence electrons. The van der Waals surface area contributed by atoms with Crippen molar-refractivity contribution in [2.24, 2.45) is 0 Å². The molecule has 0 aliphatic carbocycles. The number of nitrogens with zero attached hydrogens (tertiary/aromatic N) is 2. The van der Waals surface area contributed by atoms with Crippen LogP contribution in [0.5, 0.6) is 5.75 Å². The van der Waals surface area contributed by atoms with Gasteiger partial charge in [-0.3, -0.25) is 0 Å². The Balaban J connectivity index is 2.24. The topological polar surface area (TPSA) is 61.2 Å². The molecule has 2 rings (SSSR count). The highest BCUT2D eigenvalue weighted by Gasteiger charge is 2.18. The quantitative estimate of drug-likeness (QED) is 0.754. The summed E-state index contributed by atoms with van der Waals surface area (Å²) in [6, 6.07) is 2.49. The molecule has 21 heavy (non-hydrogen) atoms. The van der Waals surface area contributed by atoms with Gasteiger partial charge >= 0.3 is 0 Å². The molecule has 1 aromatic heterocycles. The number of halogens is 3. The van der Waals surface area contributed by atoms with Crippen LogP contribution in [0.15, 0.2) is 29.6 Å². The number of hydrogen-bond acceptors (Lipinski definition) is 4. The Morgan fingerprint density at radius 1 is 1.29 bits per heavy atom. The molecule has 0 atom stereocenters. The smallest absolute Gasteiger partial charge is 0.262 e. The molecule has 0 radical (unpaired) electrons. The maximum atomic E-state index is 11.3. The lowest BCUT2D eigenvalue weighted by Gasteiger charge is -2.11. The van der Waals surface area contributed by atoms with Crippen molar-refractivity contribution in [2.45, 2.75) is 25.0 Å². The van der Waals surface area contributed by atoms with Crippen LogP contribution in [0.2, 0.25) is 10.0 Å². The van der Waals surface area contributed by atoms with Gasteiger partial charge in [-0.05, 0) is 13.0 Å². The van der Waals surface area contributed by atoms with Crippen molar-refractivity contribution < 1.29 is 13.2 Å². The predicted octanol–water partition coefficient (Wildman–Crippen LogP) is 3.72. The molecule has 0 aliphatic heterocycles. The molecule has 2 aromatic rings. The van der Waals surface area contributed by atoms with Gasteiger partial charge in [0, 0.05) is 23.3 Å². The maximum Gasteiger partial charge on any atom is 0.262 e. The van der Waals surface area contributed by atoms with Gasteiger partial charge < -0.3 is 9.30 Å². The Morgan fingerprint density at radius 3 is 2.62 bits per heavy atom. The van der Waals surface area contributed by atoms with Crippen LogP contribution < -0.4 is 4.74 Å². The van der Waals surface area contributed by atoms with Crippen molar-refractivity contribution in [1.82, 2.24) is 9.55 Å². The number of benzene rings is 1. The maximum absolute atomic E-state index is 11.3. The number of imidazole rings is 1. The average Bonchev–Trinajstić information content (AvgIpc) is 2.85. The van der Waals surface area contributed by atoms with Gasteiger partial charge in [0.05, 0.1) is 28.3 Å². The van der Waals surface area contributed by atoms with Gasteiger partial charge in [-0.25, -0.2) is 13.4 Å². The van der Waals surface area contributed by atoms with Crippen LogP contribution in [0.25, 0.3) is 0 Å². The first-order chi connectivity index (χ1) is 9.82. The van der Waals surface area contributed by atoms with E-state index in [0.29, 0.717) is 0 Å². The Bertz CT molecular complexity index is 759. The summed E-state index contributed by atoms with van der Waals surface area (Å²) in [4.78, 5) is 3.77. The van der Waals surface area contributed by atoms with E-state index < -0.39 is 9.05 Å². The van der Waals surface area contributed by atoms with Crippen LogP contribution in [0.1, 0.15) is 12.6 Å². The zero-order valence-electron chi connectivity index (χ0n) is 10.9. The molecule has 5 nitrogen and oxygen atoms in total. The first kappa shape index (κ1) is 16.4. The van der Waals surface area contributed by atoms with E-state index in [-0.39, 0.29) is 27.3 Å². The Kier molecular flexibility index (Phi) is 5.03. The molecule has 0 unspecified atom stereocenters. The van der Waals surface area contributed by atoms with Crippen LogP contribution in [-0.2, 0) is 22.2 Å². The highest BCUT2D eigenvalue weighted by atomic mass is 35.7. The first-order valence-corrected chi connectivity index (χ1v) is 8.95. The van der Waals surface area contributed by atoms with Crippen molar-refractivity contribution in [2.75, 3.05) is 0 Å². The number of aryl methyl sites for hydroxylation is 1. The van der Waals surface area contributed by atoms with Gasteiger partial charge in [0.25, 0.3) is 9.05 Å². The molecule has 9 heteroatoms. The monoisotopic (exact) mass is 368 g/mol. The zero-order valence-corrected chi connectivity index (χ0v) is 14.0. The Hall–Kier alpha value is -0.950. The third kappa shape index (κ3) is 3.83. The molecule has 1 aromatic carbocycles. The molecular weight excluding hydrogens is 359 g/mol. The van der Waals surface area contributed by atoms with Crippen LogP contribution in [0.3, 0.4) is 0 Å². The molecule has 0 aliphatic rings. The van der Waals surface area contributed by atoms with Crippen molar-refractivity contribution in [3.8, 4) is 5.75 Å². The Labute approximate surface area is 136 Å². The van der Waals surface area contributed by atoms with Gasteiger partial charge in [0.15, 0.2) is 0 Å². The lowest BCUT2D eigenvalue weighted by molar-refractivity contribution is 0.295. The third-order valence-electron chi connectivity index (χ3n) is 2.76. The second kappa shape index (κ2) is 6.44. The summed E-state index contributed by atoms with van der Waals surface area (Å²) in [6.07, 6.45) is 3.37. The molecule has 1 heterocycles. The second-order valence-electron chi connectivity index (χ2n) is 4.11. The van der Waals surface area contributed by atoms with Crippen LogP contribution in [0.4, 0.5) is 0 Å². The first-order valence-electron chi connectivity index (χ1n) is 5.88. The highest BCUT2D eigenvalue weighted by molar-refractivity contribution is 8.13. The average molecular weight is 370 g/mol. The number of ether oxygens (including phenoxy) is 1. The van der Waals surface area contributed by atoms with Crippen LogP contribution in [-0.4, -0.2) is 18.0 Å². The fourth-order valence-corrected chi connectivity index (χ4v) is 3.51. The van der Waals surface area contributed by atoms with Gasteiger partial charge in [-0.2, -0.15) is 0 Å². The summed E-state index contributed by atoms with van der Waals surface area (Å²) in [5.74, 6) is 0.273. The van der Waals surface area contributed by atoms with E-state index in [1.165, 1.54) is 12.1 Å². The molecule has 0 N–H and O–H groups in total. The molecule has 0 saturated heterocycles. The third-order valence-corrected chi connectivity index (χ3v) is 4.85. The van der Waals surface area contributed by atoms with E-state index in [1.54, 1.807) is 12.5 Å².